The molecule has 15 heavy (non-hydrogen) atoms. The lowest BCUT2D eigenvalue weighted by Gasteiger charge is -2.36. The predicted molar refractivity (Wildman–Crippen MR) is 68.3 cm³/mol. The maximum absolute atomic E-state index is 3.46. The summed E-state index contributed by atoms with van der Waals surface area (Å²) in [7, 11) is 2.07. The summed E-state index contributed by atoms with van der Waals surface area (Å²) in [5.41, 5.74) is 3.00. The van der Waals surface area contributed by atoms with E-state index in [0.29, 0.717) is 16.5 Å². The molecular formula is C13H19NS. The lowest BCUT2D eigenvalue weighted by molar-refractivity contribution is 0.541. The molecule has 0 saturated heterocycles. The van der Waals surface area contributed by atoms with Crippen molar-refractivity contribution < 1.29 is 0 Å². The third kappa shape index (κ3) is 1.93. The Morgan fingerprint density at radius 2 is 1.93 bits per heavy atom. The quantitative estimate of drug-likeness (QED) is 0.820. The minimum absolute atomic E-state index is 0.521. The zero-order chi connectivity index (χ0) is 10.8. The third-order valence-electron chi connectivity index (χ3n) is 3.23. The minimum Gasteiger partial charge on any atom is -0.312 e. The normalized spacial score (nSPS) is 29.9. The first-order valence-corrected chi connectivity index (χ1v) is 6.63. The molecule has 0 aromatic heterocycles. The van der Waals surface area contributed by atoms with E-state index >= 15 is 0 Å². The van der Waals surface area contributed by atoms with Gasteiger partial charge < -0.3 is 5.32 Å². The third-order valence-corrected chi connectivity index (χ3v) is 4.85. The number of fused-ring (bicyclic) bond motifs is 1. The van der Waals surface area contributed by atoms with Gasteiger partial charge in [-0.15, -0.1) is 11.8 Å². The first-order valence-electron chi connectivity index (χ1n) is 5.69. The maximum atomic E-state index is 3.46. The zero-order valence-corrected chi connectivity index (χ0v) is 10.5. The van der Waals surface area contributed by atoms with E-state index < -0.39 is 0 Å². The molecule has 1 aliphatic rings. The van der Waals surface area contributed by atoms with Gasteiger partial charge in [-0.25, -0.2) is 0 Å². The van der Waals surface area contributed by atoms with Gasteiger partial charge in [0.2, 0.25) is 0 Å². The van der Waals surface area contributed by atoms with Gasteiger partial charge in [0.05, 0.1) is 0 Å². The molecule has 2 heteroatoms. The number of thioether (sulfide) groups is 1. The first-order chi connectivity index (χ1) is 7.27. The Morgan fingerprint density at radius 3 is 2.53 bits per heavy atom. The largest absolute Gasteiger partial charge is 0.312 e. The van der Waals surface area contributed by atoms with Crippen molar-refractivity contribution in [2.24, 2.45) is 0 Å². The van der Waals surface area contributed by atoms with Gasteiger partial charge in [-0.05, 0) is 31.5 Å². The number of hydrogen-bond acceptors (Lipinski definition) is 2. The van der Waals surface area contributed by atoms with Crippen LogP contribution in [0.5, 0.6) is 0 Å². The molecule has 1 nitrogen and oxygen atoms in total. The van der Waals surface area contributed by atoms with E-state index in [1.165, 1.54) is 17.5 Å². The van der Waals surface area contributed by atoms with Crippen molar-refractivity contribution in [3.8, 4) is 0 Å². The molecule has 0 amide bonds. The Balaban J connectivity index is 2.41. The summed E-state index contributed by atoms with van der Waals surface area (Å²) < 4.78 is 0. The van der Waals surface area contributed by atoms with Crippen molar-refractivity contribution in [2.75, 3.05) is 7.05 Å². The Morgan fingerprint density at radius 1 is 1.27 bits per heavy atom. The van der Waals surface area contributed by atoms with Crippen LogP contribution in [0, 0.1) is 0 Å². The van der Waals surface area contributed by atoms with E-state index in [1.807, 2.05) is 0 Å². The van der Waals surface area contributed by atoms with Crippen LogP contribution in [0.4, 0.5) is 0 Å². The zero-order valence-electron chi connectivity index (χ0n) is 9.66. The molecule has 1 heterocycles. The van der Waals surface area contributed by atoms with E-state index in [0.717, 1.165) is 0 Å². The Hall–Kier alpha value is -0.470. The summed E-state index contributed by atoms with van der Waals surface area (Å²) in [4.78, 5) is 0. The van der Waals surface area contributed by atoms with Crippen molar-refractivity contribution in [3.63, 3.8) is 0 Å². The maximum Gasteiger partial charge on any atom is 0.0441 e. The summed E-state index contributed by atoms with van der Waals surface area (Å²) in [5.74, 6) is 0. The molecule has 1 aromatic carbocycles. The molecule has 1 aromatic rings. The highest BCUT2D eigenvalue weighted by atomic mass is 32.2. The van der Waals surface area contributed by atoms with Gasteiger partial charge in [0.15, 0.2) is 0 Å². The van der Waals surface area contributed by atoms with Crippen LogP contribution in [0.2, 0.25) is 0 Å². The standard InChI is InChI=1S/C13H19NS/c1-4-12-13(14-3)11-8-6-5-7-10(11)9(2)15-12/h5-9,12-14H,4H2,1-3H3. The van der Waals surface area contributed by atoms with Crippen LogP contribution in [-0.2, 0) is 0 Å². The summed E-state index contributed by atoms with van der Waals surface area (Å²) in [6.07, 6.45) is 1.23. The molecule has 0 radical (unpaired) electrons. The molecule has 1 N–H and O–H groups in total. The average molecular weight is 221 g/mol. The van der Waals surface area contributed by atoms with Crippen molar-refractivity contribution in [3.05, 3.63) is 35.4 Å². The van der Waals surface area contributed by atoms with E-state index in [-0.39, 0.29) is 0 Å². The summed E-state index contributed by atoms with van der Waals surface area (Å²) >= 11 is 2.10. The Labute approximate surface area is 96.7 Å². The fraction of sp³-hybridized carbons (Fsp3) is 0.538. The topological polar surface area (TPSA) is 12.0 Å². The molecule has 3 unspecified atom stereocenters. The van der Waals surface area contributed by atoms with E-state index in [4.69, 9.17) is 0 Å². The fourth-order valence-electron chi connectivity index (χ4n) is 2.45. The first kappa shape index (κ1) is 11.0. The van der Waals surface area contributed by atoms with E-state index in [9.17, 15) is 0 Å². The molecule has 0 bridgehead atoms. The van der Waals surface area contributed by atoms with Gasteiger partial charge in [0.25, 0.3) is 0 Å². The van der Waals surface area contributed by atoms with Gasteiger partial charge in [0, 0.05) is 16.5 Å². The summed E-state index contributed by atoms with van der Waals surface area (Å²) in [6, 6.07) is 9.36. The van der Waals surface area contributed by atoms with Crippen molar-refractivity contribution in [1.82, 2.24) is 5.32 Å². The molecule has 3 atom stereocenters. The van der Waals surface area contributed by atoms with Crippen LogP contribution in [0.25, 0.3) is 0 Å². The van der Waals surface area contributed by atoms with Gasteiger partial charge in [-0.2, -0.15) is 0 Å². The van der Waals surface area contributed by atoms with Gasteiger partial charge >= 0.3 is 0 Å². The number of nitrogens with one attached hydrogen (secondary N) is 1. The van der Waals surface area contributed by atoms with E-state index in [2.05, 4.69) is 62.2 Å². The molecule has 1 aliphatic heterocycles. The highest BCUT2D eigenvalue weighted by molar-refractivity contribution is 8.00. The molecule has 0 spiro atoms. The van der Waals surface area contributed by atoms with Crippen LogP contribution >= 0.6 is 11.8 Å². The van der Waals surface area contributed by atoms with Crippen LogP contribution < -0.4 is 5.32 Å². The fourth-order valence-corrected chi connectivity index (χ4v) is 3.97. The number of hydrogen-bond donors (Lipinski definition) is 1. The Kier molecular flexibility index (Phi) is 3.37. The molecule has 0 fully saturated rings. The average Bonchev–Trinajstić information content (AvgIpc) is 2.29. The van der Waals surface area contributed by atoms with Gasteiger partial charge in [-0.1, -0.05) is 31.2 Å². The highest BCUT2D eigenvalue weighted by Crippen LogP contribution is 2.46. The number of benzene rings is 1. The molecule has 2 rings (SSSR count). The predicted octanol–water partition coefficient (Wildman–Crippen LogP) is 3.53. The molecule has 0 aliphatic carbocycles. The lowest BCUT2D eigenvalue weighted by atomic mass is 9.94. The van der Waals surface area contributed by atoms with Crippen LogP contribution in [-0.4, -0.2) is 12.3 Å². The minimum atomic E-state index is 0.521. The van der Waals surface area contributed by atoms with Crippen molar-refractivity contribution >= 4 is 11.8 Å². The summed E-state index contributed by atoms with van der Waals surface area (Å²) in [6.45, 7) is 4.60. The second kappa shape index (κ2) is 4.58. The van der Waals surface area contributed by atoms with Gasteiger partial charge in [0.1, 0.15) is 0 Å². The molecule has 82 valence electrons. The lowest BCUT2D eigenvalue weighted by Crippen LogP contribution is -2.31. The monoisotopic (exact) mass is 221 g/mol. The number of rotatable bonds is 2. The van der Waals surface area contributed by atoms with Crippen LogP contribution in [0.15, 0.2) is 24.3 Å². The second-order valence-corrected chi connectivity index (χ2v) is 5.71. The molecule has 0 saturated carbocycles. The van der Waals surface area contributed by atoms with Crippen molar-refractivity contribution in [1.29, 1.82) is 0 Å². The van der Waals surface area contributed by atoms with Gasteiger partial charge in [-0.3, -0.25) is 0 Å². The van der Waals surface area contributed by atoms with E-state index in [1.54, 1.807) is 0 Å². The highest BCUT2D eigenvalue weighted by Gasteiger charge is 2.31. The SMILES string of the molecule is CCC1SC(C)c2ccccc2C1NC. The second-order valence-electron chi connectivity index (χ2n) is 4.12. The van der Waals surface area contributed by atoms with Crippen LogP contribution in [0.1, 0.15) is 42.7 Å². The summed E-state index contributed by atoms with van der Waals surface area (Å²) in [5, 5.41) is 4.80. The van der Waals surface area contributed by atoms with Crippen molar-refractivity contribution in [2.45, 2.75) is 36.8 Å². The smallest absolute Gasteiger partial charge is 0.0441 e. The Bertz CT molecular complexity index is 337. The van der Waals surface area contributed by atoms with Crippen LogP contribution in [0.3, 0.4) is 0 Å². The molecular weight excluding hydrogens is 202 g/mol.